The van der Waals surface area contributed by atoms with Crippen molar-refractivity contribution in [2.24, 2.45) is 5.73 Å². The number of rotatable bonds is 3. The second-order valence-electron chi connectivity index (χ2n) is 3.94. The number of halogens is 3. The Kier molecular flexibility index (Phi) is 3.64. The van der Waals surface area contributed by atoms with Crippen molar-refractivity contribution in [1.82, 2.24) is 10.1 Å². The molecule has 108 valence electrons. The van der Waals surface area contributed by atoms with Gasteiger partial charge in [-0.15, -0.1) is 0 Å². The smallest absolute Gasteiger partial charge is 0.419 e. The van der Waals surface area contributed by atoms with Gasteiger partial charge in [0.05, 0.1) is 5.56 Å². The number of aliphatic hydroxyl groups excluding tert-OH is 1. The topological polar surface area (TPSA) is 105 Å². The predicted molar refractivity (Wildman–Crippen MR) is 60.4 cm³/mol. The first kappa shape index (κ1) is 14.3. The molecule has 0 radical (unpaired) electrons. The molecule has 1 atom stereocenters. The van der Waals surface area contributed by atoms with Crippen molar-refractivity contribution in [3.05, 3.63) is 29.7 Å². The van der Waals surface area contributed by atoms with E-state index in [4.69, 9.17) is 10.3 Å². The van der Waals surface area contributed by atoms with Gasteiger partial charge < -0.3 is 20.5 Å². The SMILES string of the molecule is NC[C@H](O)c1nc(-c2ccc(O)c(C(F)(F)F)c2)no1. The Bertz CT molecular complexity index is 612. The van der Waals surface area contributed by atoms with E-state index < -0.39 is 23.6 Å². The zero-order valence-corrected chi connectivity index (χ0v) is 9.92. The van der Waals surface area contributed by atoms with Gasteiger partial charge in [-0.25, -0.2) is 0 Å². The molecule has 20 heavy (non-hydrogen) atoms. The summed E-state index contributed by atoms with van der Waals surface area (Å²) in [5, 5.41) is 22.0. The summed E-state index contributed by atoms with van der Waals surface area (Å²) >= 11 is 0. The van der Waals surface area contributed by atoms with Crippen molar-refractivity contribution in [3.8, 4) is 17.1 Å². The number of aliphatic hydroxyl groups is 1. The zero-order chi connectivity index (χ0) is 14.9. The lowest BCUT2D eigenvalue weighted by molar-refractivity contribution is -0.138. The van der Waals surface area contributed by atoms with E-state index in [1.54, 1.807) is 0 Å². The van der Waals surface area contributed by atoms with E-state index in [-0.39, 0.29) is 23.8 Å². The van der Waals surface area contributed by atoms with Crippen molar-refractivity contribution >= 4 is 0 Å². The fraction of sp³-hybridized carbons (Fsp3) is 0.273. The minimum absolute atomic E-state index is 0.00523. The first-order valence-corrected chi connectivity index (χ1v) is 5.45. The molecule has 0 spiro atoms. The van der Waals surface area contributed by atoms with Crippen LogP contribution in [0.1, 0.15) is 17.6 Å². The minimum atomic E-state index is -4.70. The highest BCUT2D eigenvalue weighted by molar-refractivity contribution is 5.58. The van der Waals surface area contributed by atoms with Crippen LogP contribution >= 0.6 is 0 Å². The van der Waals surface area contributed by atoms with Crippen LogP contribution in [0.25, 0.3) is 11.4 Å². The standard InChI is InChI=1S/C11H10F3N3O3/c12-11(13,14)6-3-5(1-2-7(6)18)9-16-10(20-17-9)8(19)4-15/h1-3,8,18-19H,4,15H2/t8-/m0/s1. The molecule has 9 heteroatoms. The number of nitrogens with zero attached hydrogens (tertiary/aromatic N) is 2. The monoisotopic (exact) mass is 289 g/mol. The molecule has 0 aliphatic rings. The zero-order valence-electron chi connectivity index (χ0n) is 9.92. The summed E-state index contributed by atoms with van der Waals surface area (Å²) in [6.07, 6.45) is -5.89. The summed E-state index contributed by atoms with van der Waals surface area (Å²) in [6.45, 7) is -0.162. The van der Waals surface area contributed by atoms with Crippen LogP contribution in [0.3, 0.4) is 0 Å². The molecule has 2 aromatic rings. The molecule has 0 aliphatic carbocycles. The normalized spacial score (nSPS) is 13.4. The number of hydrogen-bond acceptors (Lipinski definition) is 6. The van der Waals surface area contributed by atoms with Crippen LogP contribution < -0.4 is 5.73 Å². The van der Waals surface area contributed by atoms with Gasteiger partial charge in [0, 0.05) is 12.1 Å². The third-order valence-corrected chi connectivity index (χ3v) is 2.51. The molecule has 0 amide bonds. The Morgan fingerprint density at radius 1 is 1.35 bits per heavy atom. The van der Waals surface area contributed by atoms with E-state index in [0.717, 1.165) is 6.07 Å². The van der Waals surface area contributed by atoms with Crippen LogP contribution in [0, 0.1) is 0 Å². The van der Waals surface area contributed by atoms with E-state index in [1.165, 1.54) is 6.07 Å². The summed E-state index contributed by atoms with van der Waals surface area (Å²) in [5.74, 6) is -1.23. The molecule has 1 aromatic carbocycles. The molecule has 0 saturated carbocycles. The first-order valence-electron chi connectivity index (χ1n) is 5.45. The number of nitrogens with two attached hydrogens (primary N) is 1. The Hall–Kier alpha value is -2.13. The molecule has 6 nitrogen and oxygen atoms in total. The minimum Gasteiger partial charge on any atom is -0.507 e. The van der Waals surface area contributed by atoms with Crippen molar-refractivity contribution in [2.75, 3.05) is 6.54 Å². The first-order chi connectivity index (χ1) is 9.32. The van der Waals surface area contributed by atoms with Crippen LogP contribution in [0.15, 0.2) is 22.7 Å². The van der Waals surface area contributed by atoms with Gasteiger partial charge in [-0.05, 0) is 18.2 Å². The Balaban J connectivity index is 2.41. The van der Waals surface area contributed by atoms with Gasteiger partial charge in [0.1, 0.15) is 11.9 Å². The summed E-state index contributed by atoms with van der Waals surface area (Å²) in [6, 6.07) is 2.78. The lowest BCUT2D eigenvalue weighted by atomic mass is 10.1. The van der Waals surface area contributed by atoms with Crippen LogP contribution in [0.4, 0.5) is 13.2 Å². The van der Waals surface area contributed by atoms with Crippen molar-refractivity contribution in [2.45, 2.75) is 12.3 Å². The van der Waals surface area contributed by atoms with Gasteiger partial charge in [0.15, 0.2) is 0 Å². The summed E-state index contributed by atoms with van der Waals surface area (Å²) in [5.41, 5.74) is 3.98. The number of phenols is 1. The van der Waals surface area contributed by atoms with Crippen LogP contribution in [0.2, 0.25) is 0 Å². The van der Waals surface area contributed by atoms with Gasteiger partial charge in [-0.3, -0.25) is 0 Å². The molecule has 0 unspecified atom stereocenters. The highest BCUT2D eigenvalue weighted by Crippen LogP contribution is 2.37. The van der Waals surface area contributed by atoms with Gasteiger partial charge in [0.2, 0.25) is 5.82 Å². The lowest BCUT2D eigenvalue weighted by Crippen LogP contribution is -2.11. The van der Waals surface area contributed by atoms with Crippen LogP contribution in [-0.4, -0.2) is 26.9 Å². The summed E-state index contributed by atoms with van der Waals surface area (Å²) < 4.78 is 42.6. The van der Waals surface area contributed by atoms with E-state index in [2.05, 4.69) is 10.1 Å². The van der Waals surface area contributed by atoms with E-state index in [0.29, 0.717) is 6.07 Å². The maximum Gasteiger partial charge on any atom is 0.419 e. The highest BCUT2D eigenvalue weighted by atomic mass is 19.4. The average molecular weight is 289 g/mol. The highest BCUT2D eigenvalue weighted by Gasteiger charge is 2.34. The molecule has 0 bridgehead atoms. The number of aromatic hydroxyl groups is 1. The summed E-state index contributed by atoms with van der Waals surface area (Å²) in [4.78, 5) is 3.75. The number of aromatic nitrogens is 2. The number of phenolic OH excluding ortho intramolecular Hbond substituents is 1. The second kappa shape index (κ2) is 5.10. The van der Waals surface area contributed by atoms with Crippen molar-refractivity contribution in [1.29, 1.82) is 0 Å². The van der Waals surface area contributed by atoms with E-state index in [9.17, 15) is 23.4 Å². The van der Waals surface area contributed by atoms with Crippen molar-refractivity contribution in [3.63, 3.8) is 0 Å². The van der Waals surface area contributed by atoms with Gasteiger partial charge >= 0.3 is 6.18 Å². The maximum absolute atomic E-state index is 12.7. The molecule has 2 rings (SSSR count). The maximum atomic E-state index is 12.7. The number of benzene rings is 1. The molecule has 4 N–H and O–H groups in total. The largest absolute Gasteiger partial charge is 0.507 e. The Labute approximate surface area is 110 Å². The van der Waals surface area contributed by atoms with E-state index >= 15 is 0 Å². The fourth-order valence-electron chi connectivity index (χ4n) is 1.49. The summed E-state index contributed by atoms with van der Waals surface area (Å²) in [7, 11) is 0. The quantitative estimate of drug-likeness (QED) is 0.789. The van der Waals surface area contributed by atoms with Gasteiger partial charge in [-0.1, -0.05) is 5.16 Å². The molecule has 1 aromatic heterocycles. The number of alkyl halides is 3. The molecule has 0 saturated heterocycles. The Morgan fingerprint density at radius 3 is 2.65 bits per heavy atom. The fourth-order valence-corrected chi connectivity index (χ4v) is 1.49. The Morgan fingerprint density at radius 2 is 2.05 bits per heavy atom. The van der Waals surface area contributed by atoms with Gasteiger partial charge in [-0.2, -0.15) is 18.2 Å². The van der Waals surface area contributed by atoms with Crippen molar-refractivity contribution < 1.29 is 27.9 Å². The second-order valence-corrected chi connectivity index (χ2v) is 3.94. The average Bonchev–Trinajstić information content (AvgIpc) is 2.86. The third kappa shape index (κ3) is 2.73. The van der Waals surface area contributed by atoms with E-state index in [1.807, 2.05) is 0 Å². The van der Waals surface area contributed by atoms with Gasteiger partial charge in [0.25, 0.3) is 5.89 Å². The molecule has 0 aliphatic heterocycles. The third-order valence-electron chi connectivity index (χ3n) is 2.51. The van der Waals surface area contributed by atoms with Crippen LogP contribution in [-0.2, 0) is 6.18 Å². The predicted octanol–water partition coefficient (Wildman–Crippen LogP) is 1.45. The molecular weight excluding hydrogens is 279 g/mol. The molecular formula is C11H10F3N3O3. The van der Waals surface area contributed by atoms with Crippen LogP contribution in [0.5, 0.6) is 5.75 Å². The molecule has 1 heterocycles. The molecule has 0 fully saturated rings. The number of hydrogen-bond donors (Lipinski definition) is 3. The lowest BCUT2D eigenvalue weighted by Gasteiger charge is -2.09.